The molecule has 0 aromatic carbocycles. The summed E-state index contributed by atoms with van der Waals surface area (Å²) in [4.78, 5) is 0. The van der Waals surface area contributed by atoms with Gasteiger partial charge < -0.3 is 5.73 Å². The van der Waals surface area contributed by atoms with Crippen LogP contribution in [0.2, 0.25) is 0 Å². The number of hydrogen-bond acceptors (Lipinski definition) is 1. The van der Waals surface area contributed by atoms with E-state index in [0.717, 1.165) is 12.8 Å². The van der Waals surface area contributed by atoms with E-state index in [2.05, 4.69) is 41.5 Å². The highest BCUT2D eigenvalue weighted by molar-refractivity contribution is 4.73. The van der Waals surface area contributed by atoms with Gasteiger partial charge in [0.25, 0.3) is 0 Å². The predicted molar refractivity (Wildman–Crippen MR) is 60.7 cm³/mol. The van der Waals surface area contributed by atoms with Crippen molar-refractivity contribution in [3.63, 3.8) is 0 Å². The Morgan fingerprint density at radius 1 is 0.923 bits per heavy atom. The van der Waals surface area contributed by atoms with Crippen molar-refractivity contribution in [2.45, 2.75) is 66.8 Å². The van der Waals surface area contributed by atoms with Crippen LogP contribution in [0, 0.1) is 10.8 Å². The summed E-state index contributed by atoms with van der Waals surface area (Å²) in [5.74, 6) is 0. The fourth-order valence-electron chi connectivity index (χ4n) is 1.51. The van der Waals surface area contributed by atoms with Gasteiger partial charge in [0.2, 0.25) is 0 Å². The molecule has 2 N–H and O–H groups in total. The maximum atomic E-state index is 6.07. The number of nitrogens with two attached hydrogens (primary N) is 1. The Kier molecular flexibility index (Phi) is 4.44. The highest BCUT2D eigenvalue weighted by Gasteiger charge is 2.18. The van der Waals surface area contributed by atoms with E-state index in [1.165, 1.54) is 6.42 Å². The first kappa shape index (κ1) is 13.0. The first-order valence-electron chi connectivity index (χ1n) is 5.36. The molecule has 0 aliphatic rings. The fraction of sp³-hybridized carbons (Fsp3) is 1.00. The van der Waals surface area contributed by atoms with Crippen LogP contribution in [0.25, 0.3) is 0 Å². The van der Waals surface area contributed by atoms with Gasteiger partial charge in [0, 0.05) is 6.04 Å². The van der Waals surface area contributed by atoms with Gasteiger partial charge >= 0.3 is 0 Å². The van der Waals surface area contributed by atoms with Crippen LogP contribution in [-0.4, -0.2) is 6.04 Å². The van der Waals surface area contributed by atoms with Crippen molar-refractivity contribution in [1.82, 2.24) is 0 Å². The minimum absolute atomic E-state index is 0.372. The van der Waals surface area contributed by atoms with Gasteiger partial charge in [0.05, 0.1) is 0 Å². The summed E-state index contributed by atoms with van der Waals surface area (Å²) in [6.45, 7) is 13.6. The minimum Gasteiger partial charge on any atom is -0.328 e. The molecule has 0 rings (SSSR count). The van der Waals surface area contributed by atoms with E-state index in [1.54, 1.807) is 0 Å². The van der Waals surface area contributed by atoms with Crippen LogP contribution in [0.1, 0.15) is 60.8 Å². The number of rotatable bonds is 3. The Morgan fingerprint density at radius 2 is 1.38 bits per heavy atom. The summed E-state index contributed by atoms with van der Waals surface area (Å²) in [6.07, 6.45) is 3.51. The summed E-state index contributed by atoms with van der Waals surface area (Å²) in [6, 6.07) is 0.374. The molecule has 0 heterocycles. The molecule has 0 aliphatic heterocycles. The van der Waals surface area contributed by atoms with Gasteiger partial charge in [-0.1, -0.05) is 41.5 Å². The predicted octanol–water partition coefficient (Wildman–Crippen LogP) is 3.58. The van der Waals surface area contributed by atoms with Crippen LogP contribution in [0.5, 0.6) is 0 Å². The molecule has 0 fully saturated rings. The minimum atomic E-state index is 0.372. The van der Waals surface area contributed by atoms with Gasteiger partial charge in [-0.2, -0.15) is 0 Å². The average Bonchev–Trinajstić information content (AvgIpc) is 1.78. The Hall–Kier alpha value is -0.0400. The lowest BCUT2D eigenvalue weighted by molar-refractivity contribution is 0.292. The lowest BCUT2D eigenvalue weighted by atomic mass is 9.83. The van der Waals surface area contributed by atoms with Crippen LogP contribution in [0.4, 0.5) is 0 Å². The smallest absolute Gasteiger partial charge is 0.00440 e. The van der Waals surface area contributed by atoms with Gasteiger partial charge in [0.15, 0.2) is 0 Å². The molecular formula is C12H27N. The van der Waals surface area contributed by atoms with Crippen LogP contribution >= 0.6 is 0 Å². The zero-order valence-electron chi connectivity index (χ0n) is 10.3. The lowest BCUT2D eigenvalue weighted by Gasteiger charge is -2.26. The van der Waals surface area contributed by atoms with Crippen molar-refractivity contribution in [2.24, 2.45) is 16.6 Å². The molecule has 0 aromatic rings. The second kappa shape index (κ2) is 4.45. The maximum absolute atomic E-state index is 6.07. The van der Waals surface area contributed by atoms with E-state index >= 15 is 0 Å². The Balaban J connectivity index is 3.70. The van der Waals surface area contributed by atoms with Crippen LogP contribution < -0.4 is 5.73 Å². The quantitative estimate of drug-likeness (QED) is 0.714. The first-order chi connectivity index (χ1) is 5.60. The summed E-state index contributed by atoms with van der Waals surface area (Å²) in [7, 11) is 0. The molecule has 1 atom stereocenters. The average molecular weight is 185 g/mol. The van der Waals surface area contributed by atoms with Crippen LogP contribution in [0.15, 0.2) is 0 Å². The summed E-state index contributed by atoms with van der Waals surface area (Å²) in [5, 5.41) is 0. The van der Waals surface area contributed by atoms with E-state index in [9.17, 15) is 0 Å². The maximum Gasteiger partial charge on any atom is 0.00440 e. The SMILES string of the molecule is CC(C)(C)CCC(N)CC(C)(C)C. The lowest BCUT2D eigenvalue weighted by Crippen LogP contribution is -2.27. The molecule has 0 radical (unpaired) electrons. The summed E-state index contributed by atoms with van der Waals surface area (Å²) >= 11 is 0. The molecular weight excluding hydrogens is 158 g/mol. The van der Waals surface area contributed by atoms with Crippen molar-refractivity contribution < 1.29 is 0 Å². The fourth-order valence-corrected chi connectivity index (χ4v) is 1.51. The molecule has 1 heteroatoms. The van der Waals surface area contributed by atoms with E-state index in [4.69, 9.17) is 5.73 Å². The van der Waals surface area contributed by atoms with Crippen molar-refractivity contribution in [1.29, 1.82) is 0 Å². The molecule has 0 aromatic heterocycles. The van der Waals surface area contributed by atoms with Crippen molar-refractivity contribution in [3.8, 4) is 0 Å². The monoisotopic (exact) mass is 185 g/mol. The van der Waals surface area contributed by atoms with E-state index in [0.29, 0.717) is 16.9 Å². The first-order valence-corrected chi connectivity index (χ1v) is 5.36. The van der Waals surface area contributed by atoms with E-state index in [1.807, 2.05) is 0 Å². The van der Waals surface area contributed by atoms with Crippen LogP contribution in [0.3, 0.4) is 0 Å². The molecule has 1 nitrogen and oxygen atoms in total. The number of hydrogen-bond donors (Lipinski definition) is 1. The molecule has 0 amide bonds. The third kappa shape index (κ3) is 9.88. The van der Waals surface area contributed by atoms with Crippen molar-refractivity contribution >= 4 is 0 Å². The van der Waals surface area contributed by atoms with Gasteiger partial charge in [-0.15, -0.1) is 0 Å². The Labute approximate surface area is 84.1 Å². The third-order valence-electron chi connectivity index (χ3n) is 2.14. The summed E-state index contributed by atoms with van der Waals surface area (Å²) in [5.41, 5.74) is 6.87. The van der Waals surface area contributed by atoms with Crippen molar-refractivity contribution in [3.05, 3.63) is 0 Å². The van der Waals surface area contributed by atoms with E-state index < -0.39 is 0 Å². The van der Waals surface area contributed by atoms with E-state index in [-0.39, 0.29) is 0 Å². The Bertz CT molecular complexity index is 136. The third-order valence-corrected chi connectivity index (χ3v) is 2.14. The summed E-state index contributed by atoms with van der Waals surface area (Å²) < 4.78 is 0. The van der Waals surface area contributed by atoms with Crippen LogP contribution in [-0.2, 0) is 0 Å². The molecule has 0 spiro atoms. The topological polar surface area (TPSA) is 26.0 Å². The normalized spacial score (nSPS) is 15.9. The standard InChI is InChI=1S/C12H27N/c1-11(2,3)8-7-10(13)9-12(4,5)6/h10H,7-9,13H2,1-6H3. The Morgan fingerprint density at radius 3 is 1.69 bits per heavy atom. The van der Waals surface area contributed by atoms with Gasteiger partial charge in [-0.3, -0.25) is 0 Å². The van der Waals surface area contributed by atoms with Gasteiger partial charge in [-0.05, 0) is 30.1 Å². The largest absolute Gasteiger partial charge is 0.328 e. The zero-order valence-corrected chi connectivity index (χ0v) is 10.3. The highest BCUT2D eigenvalue weighted by atomic mass is 14.6. The molecule has 80 valence electrons. The highest BCUT2D eigenvalue weighted by Crippen LogP contribution is 2.26. The molecule has 0 bridgehead atoms. The molecule has 0 saturated carbocycles. The molecule has 13 heavy (non-hydrogen) atoms. The van der Waals surface area contributed by atoms with Crippen molar-refractivity contribution in [2.75, 3.05) is 0 Å². The molecule has 1 unspecified atom stereocenters. The molecule has 0 saturated heterocycles. The molecule has 0 aliphatic carbocycles. The zero-order chi connectivity index (χ0) is 10.7. The second-order valence-electron chi connectivity index (χ2n) is 6.62. The second-order valence-corrected chi connectivity index (χ2v) is 6.62. The van der Waals surface area contributed by atoms with Gasteiger partial charge in [0.1, 0.15) is 0 Å². The van der Waals surface area contributed by atoms with Gasteiger partial charge in [-0.25, -0.2) is 0 Å².